The second-order valence-electron chi connectivity index (χ2n) is 29.9. The molecule has 19 heteroatoms. The topological polar surface area (TPSA) is 237 Å². The molecule has 0 saturated carbocycles. The molecule has 0 aliphatic carbocycles. The largest absolute Gasteiger partial charge is 0.472 e. The Kier molecular flexibility index (Phi) is 69.1. The van der Waals surface area contributed by atoms with Crippen LogP contribution >= 0.6 is 15.6 Å². The maximum Gasteiger partial charge on any atom is 0.472 e. The molecule has 0 rings (SSSR count). The summed E-state index contributed by atoms with van der Waals surface area (Å²) in [6.07, 6.45) is 61.9. The van der Waals surface area contributed by atoms with Crippen LogP contribution < -0.4 is 0 Å². The Morgan fingerprint density at radius 3 is 0.810 bits per heavy atom. The normalized spacial score (nSPS) is 14.1. The second-order valence-corrected chi connectivity index (χ2v) is 32.8. The van der Waals surface area contributed by atoms with E-state index < -0.39 is 97.5 Å². The third kappa shape index (κ3) is 73.8. The van der Waals surface area contributed by atoms with Crippen molar-refractivity contribution in [2.24, 2.45) is 17.8 Å². The Hall–Kier alpha value is -2.46. The van der Waals surface area contributed by atoms with Crippen molar-refractivity contribution >= 4 is 39.5 Å². The number of ether oxygens (including phenoxy) is 4. The Morgan fingerprint density at radius 1 is 0.310 bits per heavy atom. The van der Waals surface area contributed by atoms with Gasteiger partial charge in [-0.15, -0.1) is 0 Å². The molecule has 0 fully saturated rings. The fourth-order valence-corrected chi connectivity index (χ4v) is 13.5. The molecule has 0 amide bonds. The zero-order valence-corrected chi connectivity index (χ0v) is 66.9. The van der Waals surface area contributed by atoms with Crippen molar-refractivity contribution in [1.29, 1.82) is 0 Å². The van der Waals surface area contributed by atoms with Crippen LogP contribution in [0.3, 0.4) is 0 Å². The van der Waals surface area contributed by atoms with Gasteiger partial charge in [0.25, 0.3) is 0 Å². The molecular formula is C81H154O17P2. The Labute approximate surface area is 612 Å². The number of unbranched alkanes of at least 4 members (excludes halogenated alkanes) is 42. The number of allylic oxidation sites excluding steroid dienone is 4. The number of aliphatic hydroxyl groups is 1. The van der Waals surface area contributed by atoms with E-state index >= 15 is 0 Å². The van der Waals surface area contributed by atoms with Crippen molar-refractivity contribution in [3.8, 4) is 0 Å². The predicted octanol–water partition coefficient (Wildman–Crippen LogP) is 23.7. The summed E-state index contributed by atoms with van der Waals surface area (Å²) in [6.45, 7) is 11.9. The highest BCUT2D eigenvalue weighted by Crippen LogP contribution is 2.45. The highest BCUT2D eigenvalue weighted by atomic mass is 31.2. The molecular weight excluding hydrogens is 1310 g/mol. The average Bonchev–Trinajstić information content (AvgIpc) is 1.18. The smallest absolute Gasteiger partial charge is 0.462 e. The molecule has 0 aliphatic heterocycles. The maximum absolute atomic E-state index is 13.1. The van der Waals surface area contributed by atoms with Crippen LogP contribution in [0.2, 0.25) is 0 Å². The molecule has 0 aliphatic rings. The SMILES string of the molecule is CCCCCC/C=C\C=C/CCCCCCCC(=O)O[C@H](COC(=O)CCCCCCCCCCCCCCCCC(C)C)COP(=O)(O)OCC(O)COP(=O)(O)OC[C@@H](COC(=O)CCCCCCCCCC(C)C)OC(=O)CCCCCCCCCCCCCCCCCC(C)C. The van der Waals surface area contributed by atoms with E-state index in [1.807, 2.05) is 0 Å². The van der Waals surface area contributed by atoms with E-state index in [0.29, 0.717) is 31.6 Å². The van der Waals surface area contributed by atoms with Crippen LogP contribution in [0.5, 0.6) is 0 Å². The first-order valence-electron chi connectivity index (χ1n) is 41.2. The quantitative estimate of drug-likeness (QED) is 0.0169. The number of aliphatic hydroxyl groups excluding tert-OH is 1. The summed E-state index contributed by atoms with van der Waals surface area (Å²) in [5.74, 6) is 0.160. The van der Waals surface area contributed by atoms with E-state index in [-0.39, 0.29) is 25.7 Å². The summed E-state index contributed by atoms with van der Waals surface area (Å²) >= 11 is 0. The third-order valence-corrected chi connectivity index (χ3v) is 20.2. The lowest BCUT2D eigenvalue weighted by atomic mass is 10.0. The summed E-state index contributed by atoms with van der Waals surface area (Å²) in [5, 5.41) is 10.6. The third-order valence-electron chi connectivity index (χ3n) is 18.3. The van der Waals surface area contributed by atoms with Crippen molar-refractivity contribution in [1.82, 2.24) is 0 Å². The van der Waals surface area contributed by atoms with E-state index in [1.54, 1.807) is 0 Å². The van der Waals surface area contributed by atoms with Gasteiger partial charge < -0.3 is 33.8 Å². The van der Waals surface area contributed by atoms with Gasteiger partial charge in [0.2, 0.25) is 0 Å². The molecule has 590 valence electrons. The lowest BCUT2D eigenvalue weighted by Crippen LogP contribution is -2.30. The van der Waals surface area contributed by atoms with Gasteiger partial charge in [-0.05, 0) is 69.1 Å². The van der Waals surface area contributed by atoms with Gasteiger partial charge in [0.15, 0.2) is 12.2 Å². The molecule has 0 bridgehead atoms. The Morgan fingerprint density at radius 2 is 0.540 bits per heavy atom. The van der Waals surface area contributed by atoms with Crippen molar-refractivity contribution in [3.05, 3.63) is 24.3 Å². The molecule has 3 unspecified atom stereocenters. The number of carbonyl (C=O) groups is 4. The van der Waals surface area contributed by atoms with E-state index in [4.69, 9.17) is 37.0 Å². The number of phosphoric ester groups is 2. The maximum atomic E-state index is 13.1. The number of hydrogen-bond donors (Lipinski definition) is 3. The zero-order chi connectivity index (χ0) is 73.7. The molecule has 17 nitrogen and oxygen atoms in total. The number of phosphoric acid groups is 2. The van der Waals surface area contributed by atoms with E-state index in [0.717, 1.165) is 121 Å². The summed E-state index contributed by atoms with van der Waals surface area (Å²) < 4.78 is 68.7. The molecule has 0 aromatic carbocycles. The average molecular weight is 1460 g/mol. The first-order valence-corrected chi connectivity index (χ1v) is 44.2. The van der Waals surface area contributed by atoms with Crippen molar-refractivity contribution in [3.63, 3.8) is 0 Å². The summed E-state index contributed by atoms with van der Waals surface area (Å²) in [7, 11) is -9.93. The second kappa shape index (κ2) is 70.8. The highest BCUT2D eigenvalue weighted by Gasteiger charge is 2.30. The minimum atomic E-state index is -4.97. The number of rotatable bonds is 77. The Bertz CT molecular complexity index is 2030. The fraction of sp³-hybridized carbons (Fsp3) is 0.901. The van der Waals surface area contributed by atoms with Gasteiger partial charge in [-0.25, -0.2) is 9.13 Å². The number of hydrogen-bond acceptors (Lipinski definition) is 15. The van der Waals surface area contributed by atoms with Crippen LogP contribution in [0, 0.1) is 17.8 Å². The van der Waals surface area contributed by atoms with Crippen LogP contribution in [0.1, 0.15) is 395 Å². The van der Waals surface area contributed by atoms with E-state index in [2.05, 4.69) is 72.8 Å². The fourth-order valence-electron chi connectivity index (χ4n) is 11.9. The molecule has 3 N–H and O–H groups in total. The van der Waals surface area contributed by atoms with Crippen LogP contribution in [-0.4, -0.2) is 96.7 Å². The van der Waals surface area contributed by atoms with Crippen molar-refractivity contribution in [2.75, 3.05) is 39.6 Å². The number of carbonyl (C=O) groups excluding carboxylic acids is 4. The zero-order valence-electron chi connectivity index (χ0n) is 65.2. The summed E-state index contributed by atoms with van der Waals surface area (Å²) in [4.78, 5) is 73.0. The monoisotopic (exact) mass is 1460 g/mol. The van der Waals surface area contributed by atoms with Crippen LogP contribution in [-0.2, 0) is 65.4 Å². The minimum Gasteiger partial charge on any atom is -0.462 e. The lowest BCUT2D eigenvalue weighted by molar-refractivity contribution is -0.161. The van der Waals surface area contributed by atoms with Gasteiger partial charge in [-0.2, -0.15) is 0 Å². The molecule has 0 spiro atoms. The van der Waals surface area contributed by atoms with Crippen LogP contribution in [0.25, 0.3) is 0 Å². The predicted molar refractivity (Wildman–Crippen MR) is 409 cm³/mol. The van der Waals surface area contributed by atoms with E-state index in [9.17, 15) is 43.2 Å². The number of esters is 4. The molecule has 0 saturated heterocycles. The molecule has 0 radical (unpaired) electrons. The van der Waals surface area contributed by atoms with Gasteiger partial charge in [-0.3, -0.25) is 37.3 Å². The highest BCUT2D eigenvalue weighted by molar-refractivity contribution is 7.47. The summed E-state index contributed by atoms with van der Waals surface area (Å²) in [6, 6.07) is 0. The van der Waals surface area contributed by atoms with Gasteiger partial charge in [0, 0.05) is 25.7 Å². The minimum absolute atomic E-state index is 0.0850. The standard InChI is InChI=1S/C81H154O17P2/c1-8-9-10-11-12-13-14-15-17-25-30-35-42-50-57-64-80(85)97-76(68-91-78(83)62-55-48-41-34-29-24-21-20-23-28-33-39-46-53-60-73(4)5)70-95-99(87,88)93-66-75(82)67-94-100(89,90)96-71-77(69-92-79(84)63-56-49-44-37-40-47-54-61-74(6)7)98-81(86)65-58-51-43-36-31-26-19-16-18-22-27-32-38-45-52-59-72(2)3/h13-15,17,72-77,82H,8-12,16,18-71H2,1-7H3,(H,87,88)(H,89,90)/b14-13-,17-15-/t75?,76-,77-/m1/s1. The van der Waals surface area contributed by atoms with Crippen molar-refractivity contribution in [2.45, 2.75) is 414 Å². The summed E-state index contributed by atoms with van der Waals surface area (Å²) in [5.41, 5.74) is 0. The van der Waals surface area contributed by atoms with Crippen molar-refractivity contribution < 1.29 is 80.2 Å². The molecule has 5 atom stereocenters. The van der Waals surface area contributed by atoms with Gasteiger partial charge >= 0.3 is 39.5 Å². The first-order chi connectivity index (χ1) is 48.2. The lowest BCUT2D eigenvalue weighted by Gasteiger charge is -2.21. The van der Waals surface area contributed by atoms with Gasteiger partial charge in [0.1, 0.15) is 19.3 Å². The molecule has 0 heterocycles. The molecule has 100 heavy (non-hydrogen) atoms. The van der Waals surface area contributed by atoms with Gasteiger partial charge in [-0.1, -0.05) is 342 Å². The first kappa shape index (κ1) is 97.5. The molecule has 0 aromatic rings. The van der Waals surface area contributed by atoms with Crippen LogP contribution in [0.4, 0.5) is 0 Å². The van der Waals surface area contributed by atoms with Crippen LogP contribution in [0.15, 0.2) is 24.3 Å². The van der Waals surface area contributed by atoms with E-state index in [1.165, 1.54) is 186 Å². The molecule has 0 aromatic heterocycles. The van der Waals surface area contributed by atoms with Gasteiger partial charge in [0.05, 0.1) is 26.4 Å². The Balaban J connectivity index is 5.27.